The van der Waals surface area contributed by atoms with Crippen molar-refractivity contribution in [3.63, 3.8) is 0 Å². The van der Waals surface area contributed by atoms with Gasteiger partial charge in [-0.05, 0) is 45.1 Å². The highest BCUT2D eigenvalue weighted by atomic mass is 16.3. The number of hydrogen-bond acceptors (Lipinski definition) is 3. The van der Waals surface area contributed by atoms with Crippen molar-refractivity contribution in [2.75, 3.05) is 13.1 Å². The van der Waals surface area contributed by atoms with Crippen LogP contribution in [-0.4, -0.2) is 40.5 Å². The Balaban J connectivity index is 2.06. The molecule has 1 aliphatic carbocycles. The maximum atomic E-state index is 12.0. The Hall–Kier alpha value is -0.410. The summed E-state index contributed by atoms with van der Waals surface area (Å²) >= 11 is 0. The van der Waals surface area contributed by atoms with Gasteiger partial charge in [0.25, 0.3) is 0 Å². The summed E-state index contributed by atoms with van der Waals surface area (Å²) in [5.41, 5.74) is -0.656. The van der Waals surface area contributed by atoms with E-state index in [-0.39, 0.29) is 11.8 Å². The summed E-state index contributed by atoms with van der Waals surface area (Å²) in [6.45, 7) is 7.82. The molecule has 0 spiro atoms. The topological polar surface area (TPSA) is 40.5 Å². The van der Waals surface area contributed by atoms with E-state index in [1.165, 1.54) is 12.8 Å². The van der Waals surface area contributed by atoms with Gasteiger partial charge >= 0.3 is 0 Å². The van der Waals surface area contributed by atoms with Gasteiger partial charge in [0.05, 0.1) is 5.60 Å². The number of ketones is 1. The van der Waals surface area contributed by atoms with Crippen LogP contribution in [0.4, 0.5) is 0 Å². The lowest BCUT2D eigenvalue weighted by Crippen LogP contribution is -2.53. The van der Waals surface area contributed by atoms with Gasteiger partial charge < -0.3 is 5.11 Å². The first-order valence-corrected chi connectivity index (χ1v) is 7.91. The van der Waals surface area contributed by atoms with E-state index in [0.717, 1.165) is 32.2 Å². The van der Waals surface area contributed by atoms with E-state index < -0.39 is 5.60 Å². The third-order valence-corrected chi connectivity index (χ3v) is 5.25. The Morgan fingerprint density at radius 2 is 2.05 bits per heavy atom. The Morgan fingerprint density at radius 3 is 2.63 bits per heavy atom. The van der Waals surface area contributed by atoms with E-state index >= 15 is 0 Å². The smallest absolute Gasteiger partial charge is 0.137 e. The number of hydrogen-bond donors (Lipinski definition) is 1. The lowest BCUT2D eigenvalue weighted by molar-refractivity contribution is -0.124. The fourth-order valence-electron chi connectivity index (χ4n) is 3.51. The number of piperidine rings is 1. The summed E-state index contributed by atoms with van der Waals surface area (Å²) in [5.74, 6) is 0.943. The van der Waals surface area contributed by atoms with Gasteiger partial charge in [-0.1, -0.05) is 20.3 Å². The van der Waals surface area contributed by atoms with Gasteiger partial charge in [-0.25, -0.2) is 0 Å². The molecule has 0 amide bonds. The van der Waals surface area contributed by atoms with E-state index in [1.807, 2.05) is 6.92 Å². The molecule has 3 heteroatoms. The summed E-state index contributed by atoms with van der Waals surface area (Å²) in [7, 11) is 0. The number of β-amino-alcohol motifs (C(OH)–C–C–N with tert-alkyl or cyclic N) is 1. The van der Waals surface area contributed by atoms with Crippen molar-refractivity contribution in [1.29, 1.82) is 0 Å². The number of nitrogens with zero attached hydrogens (tertiary/aromatic N) is 1. The first-order chi connectivity index (χ1) is 8.92. The fourth-order valence-corrected chi connectivity index (χ4v) is 3.51. The van der Waals surface area contributed by atoms with E-state index in [0.29, 0.717) is 18.4 Å². The number of carbonyl (C=O) groups excluding carboxylic acids is 1. The van der Waals surface area contributed by atoms with Crippen molar-refractivity contribution in [1.82, 2.24) is 4.90 Å². The number of rotatable bonds is 4. The fraction of sp³-hybridized carbons (Fsp3) is 0.938. The molecule has 1 saturated carbocycles. The van der Waals surface area contributed by atoms with Crippen molar-refractivity contribution in [2.45, 2.75) is 70.9 Å². The summed E-state index contributed by atoms with van der Waals surface area (Å²) in [5, 5.41) is 10.5. The Bertz CT molecular complexity index is 325. The van der Waals surface area contributed by atoms with Crippen molar-refractivity contribution >= 4 is 5.78 Å². The lowest BCUT2D eigenvalue weighted by Gasteiger charge is -2.43. The van der Waals surface area contributed by atoms with Crippen molar-refractivity contribution in [2.24, 2.45) is 11.8 Å². The molecular weight excluding hydrogens is 238 g/mol. The summed E-state index contributed by atoms with van der Waals surface area (Å²) < 4.78 is 0. The molecule has 1 saturated heterocycles. The van der Waals surface area contributed by atoms with Crippen molar-refractivity contribution in [3.8, 4) is 0 Å². The normalized spacial score (nSPS) is 32.8. The predicted octanol–water partition coefficient (Wildman–Crippen LogP) is 2.62. The number of aliphatic hydroxyl groups is 1. The molecule has 0 bridgehead atoms. The van der Waals surface area contributed by atoms with Gasteiger partial charge in [0, 0.05) is 24.9 Å². The minimum absolute atomic E-state index is 0.239. The van der Waals surface area contributed by atoms with Crippen LogP contribution in [0, 0.1) is 11.8 Å². The molecule has 1 N–H and O–H groups in total. The van der Waals surface area contributed by atoms with E-state index in [4.69, 9.17) is 0 Å². The molecule has 3 unspecified atom stereocenters. The minimum atomic E-state index is -0.656. The Kier molecular flexibility index (Phi) is 4.67. The van der Waals surface area contributed by atoms with Crippen LogP contribution in [0.2, 0.25) is 0 Å². The van der Waals surface area contributed by atoms with Gasteiger partial charge in [0.2, 0.25) is 0 Å². The van der Waals surface area contributed by atoms with Gasteiger partial charge in [0.15, 0.2) is 0 Å². The maximum absolute atomic E-state index is 12.0. The highest BCUT2D eigenvalue weighted by molar-refractivity contribution is 5.83. The molecule has 19 heavy (non-hydrogen) atoms. The molecule has 0 radical (unpaired) electrons. The third-order valence-electron chi connectivity index (χ3n) is 5.25. The second-order valence-electron chi connectivity index (χ2n) is 7.01. The molecule has 1 aliphatic heterocycles. The molecule has 3 nitrogen and oxygen atoms in total. The zero-order valence-electron chi connectivity index (χ0n) is 12.7. The summed E-state index contributed by atoms with van der Waals surface area (Å²) in [4.78, 5) is 14.4. The van der Waals surface area contributed by atoms with Crippen molar-refractivity contribution < 1.29 is 9.90 Å². The van der Waals surface area contributed by atoms with Crippen LogP contribution < -0.4 is 0 Å². The quantitative estimate of drug-likeness (QED) is 0.851. The van der Waals surface area contributed by atoms with Crippen LogP contribution in [0.25, 0.3) is 0 Å². The molecule has 2 rings (SSSR count). The second kappa shape index (κ2) is 5.92. The predicted molar refractivity (Wildman–Crippen MR) is 77.0 cm³/mol. The maximum Gasteiger partial charge on any atom is 0.137 e. The highest BCUT2D eigenvalue weighted by Crippen LogP contribution is 2.34. The van der Waals surface area contributed by atoms with Crippen LogP contribution in [0.3, 0.4) is 0 Å². The minimum Gasteiger partial charge on any atom is -0.389 e. The number of carbonyl (C=O) groups is 1. The molecule has 0 aromatic rings. The monoisotopic (exact) mass is 267 g/mol. The molecule has 0 aromatic heterocycles. The number of likely N-dealkylation sites (tertiary alicyclic amines) is 1. The Labute approximate surface area is 117 Å². The van der Waals surface area contributed by atoms with Gasteiger partial charge in [-0.3, -0.25) is 9.69 Å². The van der Waals surface area contributed by atoms with Crippen LogP contribution in [0.1, 0.15) is 59.3 Å². The summed E-state index contributed by atoms with van der Waals surface area (Å²) in [6, 6.07) is 0.383. The second-order valence-corrected chi connectivity index (χ2v) is 7.01. The van der Waals surface area contributed by atoms with Gasteiger partial charge in [-0.15, -0.1) is 0 Å². The van der Waals surface area contributed by atoms with Crippen LogP contribution in [0.5, 0.6) is 0 Å². The largest absolute Gasteiger partial charge is 0.389 e. The first-order valence-electron chi connectivity index (χ1n) is 7.91. The lowest BCUT2D eigenvalue weighted by atomic mass is 9.85. The molecule has 2 fully saturated rings. The average molecular weight is 267 g/mol. The van der Waals surface area contributed by atoms with E-state index in [2.05, 4.69) is 18.7 Å². The zero-order chi connectivity index (χ0) is 14.0. The van der Waals surface area contributed by atoms with Crippen LogP contribution >= 0.6 is 0 Å². The van der Waals surface area contributed by atoms with Crippen LogP contribution in [-0.2, 0) is 4.79 Å². The number of Topliss-reactive ketones (excluding diaryl/α,β-unsaturated/α-hetero) is 1. The molecular formula is C16H29NO2. The standard InChI is InChI=1S/C16H29NO2/c1-12(2)16(3,19)11-17-10-5-4-8-14(17)13-7-6-9-15(13)18/h12-14,19H,4-11H2,1-3H3. The molecule has 110 valence electrons. The van der Waals surface area contributed by atoms with Gasteiger partial charge in [-0.2, -0.15) is 0 Å². The average Bonchev–Trinajstić information content (AvgIpc) is 2.75. The third kappa shape index (κ3) is 3.38. The molecule has 2 aliphatic rings. The molecule has 3 atom stereocenters. The zero-order valence-corrected chi connectivity index (χ0v) is 12.7. The molecule has 0 aromatic carbocycles. The Morgan fingerprint density at radius 1 is 1.32 bits per heavy atom. The van der Waals surface area contributed by atoms with Gasteiger partial charge in [0.1, 0.15) is 5.78 Å². The van der Waals surface area contributed by atoms with E-state index in [9.17, 15) is 9.90 Å². The first kappa shape index (κ1) is 15.0. The van der Waals surface area contributed by atoms with Crippen molar-refractivity contribution in [3.05, 3.63) is 0 Å². The van der Waals surface area contributed by atoms with Crippen LogP contribution in [0.15, 0.2) is 0 Å². The highest BCUT2D eigenvalue weighted by Gasteiger charge is 2.39. The summed E-state index contributed by atoms with van der Waals surface area (Å²) in [6.07, 6.45) is 6.46. The SMILES string of the molecule is CC(C)C(C)(O)CN1CCCCC1C1CCCC1=O. The molecule has 1 heterocycles. The van der Waals surface area contributed by atoms with E-state index in [1.54, 1.807) is 0 Å².